The lowest BCUT2D eigenvalue weighted by Crippen LogP contribution is -2.41. The van der Waals surface area contributed by atoms with E-state index in [2.05, 4.69) is 10.6 Å². The number of halogens is 1. The Bertz CT molecular complexity index is 556. The second-order valence-electron chi connectivity index (χ2n) is 5.21. The predicted molar refractivity (Wildman–Crippen MR) is 79.0 cm³/mol. The molecule has 7 heteroatoms. The molecule has 0 spiro atoms. The highest BCUT2D eigenvalue weighted by molar-refractivity contribution is 6.33. The highest BCUT2D eigenvalue weighted by Gasteiger charge is 2.30. The summed E-state index contributed by atoms with van der Waals surface area (Å²) in [6, 6.07) is 3.68. The molecule has 1 atom stereocenters. The molecular formula is C14H17ClN2O4. The van der Waals surface area contributed by atoms with Crippen molar-refractivity contribution < 1.29 is 19.4 Å². The summed E-state index contributed by atoms with van der Waals surface area (Å²) in [5.74, 6) is -1.08. The minimum absolute atomic E-state index is 0.0563. The van der Waals surface area contributed by atoms with Gasteiger partial charge in [-0.1, -0.05) is 11.6 Å². The summed E-state index contributed by atoms with van der Waals surface area (Å²) < 4.78 is 5.57. The molecule has 2 amide bonds. The molecule has 1 aliphatic heterocycles. The molecule has 21 heavy (non-hydrogen) atoms. The van der Waals surface area contributed by atoms with Gasteiger partial charge in [0.2, 0.25) is 0 Å². The van der Waals surface area contributed by atoms with Gasteiger partial charge >= 0.3 is 12.0 Å². The van der Waals surface area contributed by atoms with Crippen molar-refractivity contribution in [2.45, 2.75) is 25.4 Å². The SMILES string of the molecule is CC1(CNC(=O)Nc2cc(C(=O)O)ccc2Cl)CCCO1. The Morgan fingerprint density at radius 1 is 1.48 bits per heavy atom. The zero-order chi connectivity index (χ0) is 15.5. The van der Waals surface area contributed by atoms with Gasteiger partial charge in [0.05, 0.1) is 21.9 Å². The monoisotopic (exact) mass is 312 g/mol. The van der Waals surface area contributed by atoms with Gasteiger partial charge in [-0.05, 0) is 38.0 Å². The Morgan fingerprint density at radius 3 is 2.86 bits per heavy atom. The number of hydrogen-bond acceptors (Lipinski definition) is 3. The van der Waals surface area contributed by atoms with Crippen molar-refractivity contribution in [3.8, 4) is 0 Å². The molecule has 0 radical (unpaired) electrons. The fourth-order valence-corrected chi connectivity index (χ4v) is 2.33. The highest BCUT2D eigenvalue weighted by atomic mass is 35.5. The van der Waals surface area contributed by atoms with Crippen LogP contribution >= 0.6 is 11.6 Å². The van der Waals surface area contributed by atoms with Gasteiger partial charge in [-0.2, -0.15) is 0 Å². The number of rotatable bonds is 4. The molecule has 0 bridgehead atoms. The number of ether oxygens (including phenoxy) is 1. The number of carbonyl (C=O) groups excluding carboxylic acids is 1. The van der Waals surface area contributed by atoms with E-state index in [-0.39, 0.29) is 21.9 Å². The van der Waals surface area contributed by atoms with Gasteiger partial charge in [-0.3, -0.25) is 0 Å². The fourth-order valence-electron chi connectivity index (χ4n) is 2.16. The van der Waals surface area contributed by atoms with Gasteiger partial charge < -0.3 is 20.5 Å². The second kappa shape index (κ2) is 6.32. The van der Waals surface area contributed by atoms with Crippen LogP contribution in [0.15, 0.2) is 18.2 Å². The number of carboxylic acid groups (broad SMARTS) is 1. The second-order valence-corrected chi connectivity index (χ2v) is 5.62. The molecule has 1 aliphatic rings. The number of hydrogen-bond donors (Lipinski definition) is 3. The van der Waals surface area contributed by atoms with Crippen molar-refractivity contribution in [2.24, 2.45) is 0 Å². The first-order chi connectivity index (χ1) is 9.89. The van der Waals surface area contributed by atoms with Crippen molar-refractivity contribution in [3.63, 3.8) is 0 Å². The first kappa shape index (κ1) is 15.6. The largest absolute Gasteiger partial charge is 0.478 e. The quantitative estimate of drug-likeness (QED) is 0.797. The van der Waals surface area contributed by atoms with Gasteiger partial charge in [0.25, 0.3) is 0 Å². The van der Waals surface area contributed by atoms with E-state index in [0.29, 0.717) is 13.2 Å². The molecule has 0 saturated carbocycles. The minimum Gasteiger partial charge on any atom is -0.478 e. The first-order valence-electron chi connectivity index (χ1n) is 6.61. The van der Waals surface area contributed by atoms with Crippen LogP contribution in [-0.2, 0) is 4.74 Å². The summed E-state index contributed by atoms with van der Waals surface area (Å²) in [5, 5.41) is 14.5. The van der Waals surface area contributed by atoms with E-state index in [9.17, 15) is 9.59 Å². The normalized spacial score (nSPS) is 21.0. The van der Waals surface area contributed by atoms with Crippen LogP contribution in [0.2, 0.25) is 5.02 Å². The Hall–Kier alpha value is -1.79. The Kier molecular flexibility index (Phi) is 4.69. The van der Waals surface area contributed by atoms with E-state index in [4.69, 9.17) is 21.4 Å². The smallest absolute Gasteiger partial charge is 0.335 e. The molecule has 0 aliphatic carbocycles. The first-order valence-corrected chi connectivity index (χ1v) is 6.99. The number of carbonyl (C=O) groups is 2. The summed E-state index contributed by atoms with van der Waals surface area (Å²) in [6.07, 6.45) is 1.87. The van der Waals surface area contributed by atoms with Gasteiger partial charge in [0.1, 0.15) is 0 Å². The maximum atomic E-state index is 11.9. The van der Waals surface area contributed by atoms with E-state index in [1.165, 1.54) is 18.2 Å². The third-order valence-electron chi connectivity index (χ3n) is 3.38. The molecule has 3 N–H and O–H groups in total. The number of anilines is 1. The van der Waals surface area contributed by atoms with Crippen LogP contribution in [-0.4, -0.2) is 35.9 Å². The zero-order valence-electron chi connectivity index (χ0n) is 11.6. The molecular weight excluding hydrogens is 296 g/mol. The van der Waals surface area contributed by atoms with Crippen molar-refractivity contribution >= 4 is 29.3 Å². The van der Waals surface area contributed by atoms with E-state index in [0.717, 1.165) is 12.8 Å². The van der Waals surface area contributed by atoms with Crippen molar-refractivity contribution in [1.29, 1.82) is 0 Å². The maximum absolute atomic E-state index is 11.9. The average Bonchev–Trinajstić information content (AvgIpc) is 2.86. The number of nitrogens with one attached hydrogen (secondary N) is 2. The van der Waals surface area contributed by atoms with Crippen LogP contribution in [0, 0.1) is 0 Å². The zero-order valence-corrected chi connectivity index (χ0v) is 12.4. The standard InChI is InChI=1S/C14H17ClN2O4/c1-14(5-2-6-21-14)8-16-13(20)17-11-7-9(12(18)19)3-4-10(11)15/h3-4,7H,2,5-6,8H2,1H3,(H,18,19)(H2,16,17,20). The molecule has 1 unspecified atom stereocenters. The number of amides is 2. The summed E-state index contributed by atoms with van der Waals surface area (Å²) in [4.78, 5) is 22.8. The third-order valence-corrected chi connectivity index (χ3v) is 3.71. The molecule has 0 aromatic heterocycles. The Balaban J connectivity index is 1.96. The van der Waals surface area contributed by atoms with E-state index in [1.54, 1.807) is 0 Å². The van der Waals surface area contributed by atoms with Gasteiger partial charge in [0, 0.05) is 13.2 Å². The lowest BCUT2D eigenvalue weighted by atomic mass is 10.0. The lowest BCUT2D eigenvalue weighted by Gasteiger charge is -2.23. The molecule has 1 aromatic carbocycles. The van der Waals surface area contributed by atoms with Crippen molar-refractivity contribution in [2.75, 3.05) is 18.5 Å². The predicted octanol–water partition coefficient (Wildman–Crippen LogP) is 2.73. The molecule has 2 rings (SSSR count). The summed E-state index contributed by atoms with van der Waals surface area (Å²) in [6.45, 7) is 3.03. The number of benzene rings is 1. The Labute approximate surface area is 127 Å². The Morgan fingerprint density at radius 2 is 2.24 bits per heavy atom. The number of urea groups is 1. The van der Waals surface area contributed by atoms with Gasteiger partial charge in [-0.15, -0.1) is 0 Å². The highest BCUT2D eigenvalue weighted by Crippen LogP contribution is 2.25. The van der Waals surface area contributed by atoms with Gasteiger partial charge in [-0.25, -0.2) is 9.59 Å². The summed E-state index contributed by atoms with van der Waals surface area (Å²) in [7, 11) is 0. The molecule has 1 saturated heterocycles. The van der Waals surface area contributed by atoms with Crippen LogP contribution in [0.5, 0.6) is 0 Å². The van der Waals surface area contributed by atoms with Gasteiger partial charge in [0.15, 0.2) is 0 Å². The number of carboxylic acids is 1. The molecule has 1 fully saturated rings. The van der Waals surface area contributed by atoms with E-state index in [1.807, 2.05) is 6.92 Å². The fraction of sp³-hybridized carbons (Fsp3) is 0.429. The average molecular weight is 313 g/mol. The minimum atomic E-state index is -1.08. The molecule has 1 heterocycles. The van der Waals surface area contributed by atoms with Crippen LogP contribution in [0.25, 0.3) is 0 Å². The van der Waals surface area contributed by atoms with E-state index >= 15 is 0 Å². The lowest BCUT2D eigenvalue weighted by molar-refractivity contribution is 0.0232. The van der Waals surface area contributed by atoms with Crippen LogP contribution in [0.1, 0.15) is 30.1 Å². The molecule has 6 nitrogen and oxygen atoms in total. The van der Waals surface area contributed by atoms with Crippen LogP contribution in [0.4, 0.5) is 10.5 Å². The summed E-state index contributed by atoms with van der Waals surface area (Å²) in [5.41, 5.74) is -0.0308. The maximum Gasteiger partial charge on any atom is 0.335 e. The third kappa shape index (κ3) is 4.09. The van der Waals surface area contributed by atoms with Crippen molar-refractivity contribution in [1.82, 2.24) is 5.32 Å². The van der Waals surface area contributed by atoms with Crippen molar-refractivity contribution in [3.05, 3.63) is 28.8 Å². The van der Waals surface area contributed by atoms with Crippen LogP contribution in [0.3, 0.4) is 0 Å². The molecule has 1 aromatic rings. The van der Waals surface area contributed by atoms with E-state index < -0.39 is 12.0 Å². The summed E-state index contributed by atoms with van der Waals surface area (Å²) >= 11 is 5.94. The molecule has 114 valence electrons. The number of aromatic carboxylic acids is 1. The topological polar surface area (TPSA) is 87.7 Å². The van der Waals surface area contributed by atoms with Crippen LogP contribution < -0.4 is 10.6 Å².